The molecule has 23 heavy (non-hydrogen) atoms. The summed E-state index contributed by atoms with van der Waals surface area (Å²) < 4.78 is 29.1. The maximum atomic E-state index is 12.3. The lowest BCUT2D eigenvalue weighted by molar-refractivity contribution is -0.127. The van der Waals surface area contributed by atoms with Gasteiger partial charge in [-0.05, 0) is 30.7 Å². The first-order valence-corrected chi connectivity index (χ1v) is 8.90. The molecule has 0 amide bonds. The third-order valence-corrected chi connectivity index (χ3v) is 5.08. The van der Waals surface area contributed by atoms with E-state index in [1.807, 2.05) is 30.3 Å². The number of carbonyl (C=O) groups excluding carboxylic acids is 1. The Balaban J connectivity index is 2.26. The zero-order valence-electron chi connectivity index (χ0n) is 13.0. The molecular weight excluding hydrogens is 312 g/mol. The number of allylic oxidation sites excluding steroid dienone is 1. The van der Waals surface area contributed by atoms with Crippen molar-refractivity contribution in [2.75, 3.05) is 5.75 Å². The molecule has 0 aliphatic carbocycles. The van der Waals surface area contributed by atoms with Crippen LogP contribution in [0.5, 0.6) is 5.75 Å². The Hall–Kier alpha value is -2.40. The molecule has 120 valence electrons. The van der Waals surface area contributed by atoms with Crippen molar-refractivity contribution >= 4 is 21.4 Å². The number of hydrogen-bond acceptors (Lipinski definition) is 4. The fourth-order valence-electron chi connectivity index (χ4n) is 2.08. The Morgan fingerprint density at radius 3 is 2.39 bits per heavy atom. The molecule has 0 saturated carbocycles. The van der Waals surface area contributed by atoms with Crippen LogP contribution in [-0.4, -0.2) is 20.1 Å². The Kier molecular flexibility index (Phi) is 5.34. The maximum Gasteiger partial charge on any atom is 0.343 e. The van der Waals surface area contributed by atoms with Gasteiger partial charge >= 0.3 is 5.97 Å². The van der Waals surface area contributed by atoms with E-state index in [1.165, 1.54) is 12.1 Å². The third-order valence-electron chi connectivity index (χ3n) is 3.35. The van der Waals surface area contributed by atoms with Crippen molar-refractivity contribution in [3.05, 3.63) is 66.2 Å². The number of benzene rings is 2. The van der Waals surface area contributed by atoms with Crippen LogP contribution in [0.3, 0.4) is 0 Å². The molecule has 2 rings (SSSR count). The third kappa shape index (κ3) is 4.07. The lowest BCUT2D eigenvalue weighted by Gasteiger charge is -2.09. The van der Waals surface area contributed by atoms with Gasteiger partial charge in [0, 0.05) is 0 Å². The minimum atomic E-state index is -3.34. The summed E-state index contributed by atoms with van der Waals surface area (Å²) >= 11 is 0. The van der Waals surface area contributed by atoms with Gasteiger partial charge in [-0.15, -0.1) is 0 Å². The summed E-state index contributed by atoms with van der Waals surface area (Å²) in [5, 5.41) is 0. The SMILES string of the molecule is CC=C(C(=O)Oc1cccc(S(=O)(=O)CC)c1)c1ccccc1. The van der Waals surface area contributed by atoms with Crippen LogP contribution < -0.4 is 4.74 Å². The summed E-state index contributed by atoms with van der Waals surface area (Å²) in [6.07, 6.45) is 1.67. The van der Waals surface area contributed by atoms with Gasteiger partial charge < -0.3 is 4.74 Å². The van der Waals surface area contributed by atoms with Gasteiger partial charge in [0.05, 0.1) is 16.2 Å². The lowest BCUT2D eigenvalue weighted by Crippen LogP contribution is -2.11. The van der Waals surface area contributed by atoms with Crippen LogP contribution in [0.2, 0.25) is 0 Å². The molecule has 0 atom stereocenters. The second-order valence-electron chi connectivity index (χ2n) is 4.84. The predicted molar refractivity (Wildman–Crippen MR) is 89.9 cm³/mol. The van der Waals surface area contributed by atoms with Gasteiger partial charge in [0.1, 0.15) is 5.75 Å². The molecule has 0 aromatic heterocycles. The second-order valence-corrected chi connectivity index (χ2v) is 7.11. The van der Waals surface area contributed by atoms with E-state index < -0.39 is 15.8 Å². The first kappa shape index (κ1) is 17.0. The Morgan fingerprint density at radius 1 is 1.09 bits per heavy atom. The molecule has 0 aliphatic heterocycles. The monoisotopic (exact) mass is 330 g/mol. The molecular formula is C18H18O4S. The smallest absolute Gasteiger partial charge is 0.343 e. The normalized spacial score (nSPS) is 12.0. The number of carbonyl (C=O) groups is 1. The average Bonchev–Trinajstić information content (AvgIpc) is 2.57. The number of ether oxygens (including phenoxy) is 1. The van der Waals surface area contributed by atoms with Gasteiger partial charge in [0.2, 0.25) is 0 Å². The fraction of sp³-hybridized carbons (Fsp3) is 0.167. The van der Waals surface area contributed by atoms with Gasteiger partial charge in [0.15, 0.2) is 9.84 Å². The van der Waals surface area contributed by atoms with Crippen molar-refractivity contribution in [1.29, 1.82) is 0 Å². The van der Waals surface area contributed by atoms with E-state index in [2.05, 4.69) is 0 Å². The van der Waals surface area contributed by atoms with Crippen molar-refractivity contribution in [2.45, 2.75) is 18.7 Å². The first-order chi connectivity index (χ1) is 11.0. The molecule has 2 aromatic carbocycles. The van der Waals surface area contributed by atoms with Crippen molar-refractivity contribution in [3.8, 4) is 5.75 Å². The van der Waals surface area contributed by atoms with Crippen molar-refractivity contribution in [2.24, 2.45) is 0 Å². The summed E-state index contributed by atoms with van der Waals surface area (Å²) in [6.45, 7) is 3.32. The van der Waals surface area contributed by atoms with Crippen LogP contribution in [0.15, 0.2) is 65.6 Å². The minimum absolute atomic E-state index is 0.00543. The highest BCUT2D eigenvalue weighted by Gasteiger charge is 2.16. The van der Waals surface area contributed by atoms with E-state index in [-0.39, 0.29) is 16.4 Å². The van der Waals surface area contributed by atoms with Crippen LogP contribution in [0.4, 0.5) is 0 Å². The van der Waals surface area contributed by atoms with Crippen molar-refractivity contribution < 1.29 is 17.9 Å². The molecule has 0 unspecified atom stereocenters. The molecule has 0 bridgehead atoms. The Labute approximate surface area is 136 Å². The van der Waals surface area contributed by atoms with E-state index in [0.717, 1.165) is 5.56 Å². The Bertz CT molecular complexity index is 821. The molecule has 2 aromatic rings. The predicted octanol–water partition coefficient (Wildman–Crippen LogP) is 3.49. The van der Waals surface area contributed by atoms with Crippen LogP contribution in [0.1, 0.15) is 19.4 Å². The summed E-state index contributed by atoms with van der Waals surface area (Å²) in [5.74, 6) is -0.321. The number of hydrogen-bond donors (Lipinski definition) is 0. The fourth-order valence-corrected chi connectivity index (χ4v) is 2.99. The topological polar surface area (TPSA) is 60.4 Å². The highest BCUT2D eigenvalue weighted by molar-refractivity contribution is 7.91. The summed E-state index contributed by atoms with van der Waals surface area (Å²) in [4.78, 5) is 12.5. The molecule has 4 nitrogen and oxygen atoms in total. The van der Waals surface area contributed by atoms with Crippen molar-refractivity contribution in [3.63, 3.8) is 0 Å². The van der Waals surface area contributed by atoms with Crippen LogP contribution >= 0.6 is 0 Å². The van der Waals surface area contributed by atoms with Crippen LogP contribution in [0.25, 0.3) is 5.57 Å². The van der Waals surface area contributed by atoms with Gasteiger partial charge in [-0.25, -0.2) is 13.2 Å². The summed E-state index contributed by atoms with van der Waals surface area (Å²) in [7, 11) is -3.34. The molecule has 0 spiro atoms. The summed E-state index contributed by atoms with van der Waals surface area (Å²) in [6, 6.07) is 15.1. The molecule has 0 fully saturated rings. The Morgan fingerprint density at radius 2 is 1.78 bits per heavy atom. The van der Waals surface area contributed by atoms with E-state index in [1.54, 1.807) is 32.1 Å². The molecule has 5 heteroatoms. The van der Waals surface area contributed by atoms with Crippen LogP contribution in [0, 0.1) is 0 Å². The van der Waals surface area contributed by atoms with E-state index in [0.29, 0.717) is 5.57 Å². The lowest BCUT2D eigenvalue weighted by atomic mass is 10.1. The molecule has 0 N–H and O–H groups in total. The highest BCUT2D eigenvalue weighted by atomic mass is 32.2. The summed E-state index contributed by atoms with van der Waals surface area (Å²) in [5.41, 5.74) is 1.17. The number of rotatable bonds is 5. The standard InChI is InChI=1S/C18H18O4S/c1-3-17(14-9-6-5-7-10-14)18(19)22-15-11-8-12-16(13-15)23(20,21)4-2/h3,5-13H,4H2,1-2H3. The van der Waals surface area contributed by atoms with E-state index >= 15 is 0 Å². The number of esters is 1. The number of sulfone groups is 1. The molecule has 0 saturated heterocycles. The zero-order chi connectivity index (χ0) is 16.9. The van der Waals surface area contributed by atoms with Gasteiger partial charge in [-0.3, -0.25) is 0 Å². The minimum Gasteiger partial charge on any atom is -0.423 e. The zero-order valence-corrected chi connectivity index (χ0v) is 13.8. The largest absolute Gasteiger partial charge is 0.423 e. The van der Waals surface area contributed by atoms with Gasteiger partial charge in [-0.1, -0.05) is 49.4 Å². The average molecular weight is 330 g/mol. The highest BCUT2D eigenvalue weighted by Crippen LogP contribution is 2.22. The van der Waals surface area contributed by atoms with E-state index in [9.17, 15) is 13.2 Å². The molecule has 0 aliphatic rings. The second kappa shape index (κ2) is 7.24. The van der Waals surface area contributed by atoms with Crippen molar-refractivity contribution in [1.82, 2.24) is 0 Å². The maximum absolute atomic E-state index is 12.3. The van der Waals surface area contributed by atoms with Gasteiger partial charge in [-0.2, -0.15) is 0 Å². The first-order valence-electron chi connectivity index (χ1n) is 7.24. The van der Waals surface area contributed by atoms with E-state index in [4.69, 9.17) is 4.74 Å². The van der Waals surface area contributed by atoms with Crippen LogP contribution in [-0.2, 0) is 14.6 Å². The quantitative estimate of drug-likeness (QED) is 0.478. The van der Waals surface area contributed by atoms with Gasteiger partial charge in [0.25, 0.3) is 0 Å². The molecule has 0 radical (unpaired) electrons. The molecule has 0 heterocycles.